The van der Waals surface area contributed by atoms with E-state index in [2.05, 4.69) is 26.2 Å². The van der Waals surface area contributed by atoms with Crippen molar-refractivity contribution in [1.29, 1.82) is 0 Å². The van der Waals surface area contributed by atoms with E-state index in [0.29, 0.717) is 17.8 Å². The number of nitrogens with one attached hydrogen (secondary N) is 2. The molecule has 2 rings (SSSR count). The minimum absolute atomic E-state index is 0.114. The first-order valence-corrected chi connectivity index (χ1v) is 6.53. The smallest absolute Gasteiger partial charge is 0.304 e. The molecule has 0 unspecified atom stereocenters. The molecule has 6 heteroatoms. The predicted molar refractivity (Wildman–Crippen MR) is 70.3 cm³/mol. The molecule has 0 aliphatic heterocycles. The summed E-state index contributed by atoms with van der Waals surface area (Å²) < 4.78 is 0.856. The molecule has 0 radical (unpaired) electrons. The Labute approximate surface area is 110 Å². The molecule has 0 spiro atoms. The lowest BCUT2D eigenvalue weighted by Gasteiger charge is -2.03. The van der Waals surface area contributed by atoms with Crippen molar-refractivity contribution in [2.45, 2.75) is 6.54 Å². The fourth-order valence-corrected chi connectivity index (χ4v) is 2.29. The van der Waals surface area contributed by atoms with Gasteiger partial charge in [-0.25, -0.2) is 0 Å². The van der Waals surface area contributed by atoms with E-state index in [1.165, 1.54) is 0 Å². The number of aromatic amines is 1. The van der Waals surface area contributed by atoms with Crippen molar-refractivity contribution in [3.63, 3.8) is 0 Å². The Balaban J connectivity index is 2.00. The first-order valence-electron chi connectivity index (χ1n) is 4.85. The summed E-state index contributed by atoms with van der Waals surface area (Å²) in [6.45, 7) is 0.323. The maximum absolute atomic E-state index is 11.8. The number of amides is 1. The van der Waals surface area contributed by atoms with Gasteiger partial charge in [-0.2, -0.15) is 0 Å². The lowest BCUT2D eigenvalue weighted by molar-refractivity contribution is 0.0950. The zero-order chi connectivity index (χ0) is 12.3. The molecule has 88 valence electrons. The molecule has 1 heterocycles. The molecule has 0 atom stereocenters. The van der Waals surface area contributed by atoms with E-state index in [1.54, 1.807) is 23.6 Å². The first-order chi connectivity index (χ1) is 8.15. The van der Waals surface area contributed by atoms with Crippen LogP contribution >= 0.6 is 27.3 Å². The molecule has 0 aliphatic carbocycles. The monoisotopic (exact) mass is 312 g/mol. The van der Waals surface area contributed by atoms with E-state index in [1.807, 2.05) is 6.07 Å². The second kappa shape index (κ2) is 5.29. The largest absolute Gasteiger partial charge is 0.346 e. The van der Waals surface area contributed by atoms with Gasteiger partial charge in [-0.05, 0) is 18.2 Å². The molecule has 0 aliphatic rings. The zero-order valence-corrected chi connectivity index (χ0v) is 11.1. The van der Waals surface area contributed by atoms with E-state index >= 15 is 0 Å². The standard InChI is InChI=1S/C11H9BrN2O2S/c12-8-3-1-2-7(4-8)10(15)13-5-9-6-17-11(16)14-9/h1-4,6H,5H2,(H,13,15)(H,14,16). The van der Waals surface area contributed by atoms with Crippen LogP contribution in [0.25, 0.3) is 0 Å². The highest BCUT2D eigenvalue weighted by Gasteiger charge is 2.05. The summed E-state index contributed by atoms with van der Waals surface area (Å²) in [6.07, 6.45) is 0. The minimum Gasteiger partial charge on any atom is -0.346 e. The Kier molecular flexibility index (Phi) is 3.75. The van der Waals surface area contributed by atoms with Gasteiger partial charge in [-0.1, -0.05) is 33.3 Å². The van der Waals surface area contributed by atoms with Crippen molar-refractivity contribution in [3.8, 4) is 0 Å². The molecule has 2 aromatic rings. The van der Waals surface area contributed by atoms with Gasteiger partial charge in [0.15, 0.2) is 0 Å². The Morgan fingerprint density at radius 3 is 2.94 bits per heavy atom. The van der Waals surface area contributed by atoms with Crippen molar-refractivity contribution in [3.05, 3.63) is 55.0 Å². The molecule has 2 N–H and O–H groups in total. The van der Waals surface area contributed by atoms with Crippen molar-refractivity contribution in [2.75, 3.05) is 0 Å². The molecular formula is C11H9BrN2O2S. The number of benzene rings is 1. The Morgan fingerprint density at radius 1 is 1.47 bits per heavy atom. The fraction of sp³-hybridized carbons (Fsp3) is 0.0909. The van der Waals surface area contributed by atoms with E-state index in [4.69, 9.17) is 0 Å². The van der Waals surface area contributed by atoms with Crippen LogP contribution in [0.1, 0.15) is 16.1 Å². The number of rotatable bonds is 3. The summed E-state index contributed by atoms with van der Waals surface area (Å²) in [5.74, 6) is -0.168. The highest BCUT2D eigenvalue weighted by atomic mass is 79.9. The molecule has 17 heavy (non-hydrogen) atoms. The first kappa shape index (κ1) is 12.1. The van der Waals surface area contributed by atoms with Crippen LogP contribution in [0.3, 0.4) is 0 Å². The van der Waals surface area contributed by atoms with Crippen molar-refractivity contribution >= 4 is 33.2 Å². The Bertz CT molecular complexity index is 591. The molecule has 0 saturated heterocycles. The summed E-state index contributed by atoms with van der Waals surface area (Å²) in [5, 5.41) is 4.43. The molecule has 0 fully saturated rings. The topological polar surface area (TPSA) is 62.0 Å². The number of thiazole rings is 1. The molecule has 0 bridgehead atoms. The summed E-state index contributed by atoms with van der Waals surface area (Å²) in [6, 6.07) is 7.13. The predicted octanol–water partition coefficient (Wildman–Crippen LogP) is 2.13. The average Bonchev–Trinajstić information content (AvgIpc) is 2.72. The van der Waals surface area contributed by atoms with Gasteiger partial charge in [0.2, 0.25) is 0 Å². The van der Waals surface area contributed by atoms with Crippen LogP contribution in [-0.4, -0.2) is 10.9 Å². The van der Waals surface area contributed by atoms with Crippen molar-refractivity contribution in [1.82, 2.24) is 10.3 Å². The Morgan fingerprint density at radius 2 is 2.29 bits per heavy atom. The summed E-state index contributed by atoms with van der Waals surface area (Å²) in [7, 11) is 0. The second-order valence-corrected chi connectivity index (χ2v) is 5.12. The van der Waals surface area contributed by atoms with Crippen LogP contribution in [0.5, 0.6) is 0 Å². The normalized spacial score (nSPS) is 10.2. The van der Waals surface area contributed by atoms with Crippen LogP contribution < -0.4 is 10.2 Å². The fourth-order valence-electron chi connectivity index (χ4n) is 1.31. The van der Waals surface area contributed by atoms with Crippen LogP contribution in [0.15, 0.2) is 38.9 Å². The highest BCUT2D eigenvalue weighted by Crippen LogP contribution is 2.11. The lowest BCUT2D eigenvalue weighted by atomic mass is 10.2. The van der Waals surface area contributed by atoms with E-state index in [9.17, 15) is 9.59 Å². The number of hydrogen-bond donors (Lipinski definition) is 2. The maximum Gasteiger partial charge on any atom is 0.304 e. The van der Waals surface area contributed by atoms with Gasteiger partial charge in [-0.15, -0.1) is 0 Å². The summed E-state index contributed by atoms with van der Waals surface area (Å²) in [4.78, 5) is 25.2. The van der Waals surface area contributed by atoms with E-state index in [0.717, 1.165) is 15.8 Å². The van der Waals surface area contributed by atoms with Gasteiger partial charge in [0.05, 0.1) is 6.54 Å². The summed E-state index contributed by atoms with van der Waals surface area (Å²) >= 11 is 4.39. The van der Waals surface area contributed by atoms with Gasteiger partial charge in [0.25, 0.3) is 5.91 Å². The average molecular weight is 313 g/mol. The highest BCUT2D eigenvalue weighted by molar-refractivity contribution is 9.10. The zero-order valence-electron chi connectivity index (χ0n) is 8.70. The van der Waals surface area contributed by atoms with Gasteiger partial charge in [0.1, 0.15) is 0 Å². The quantitative estimate of drug-likeness (QED) is 0.912. The van der Waals surface area contributed by atoms with Gasteiger partial charge >= 0.3 is 4.87 Å². The van der Waals surface area contributed by atoms with E-state index < -0.39 is 0 Å². The van der Waals surface area contributed by atoms with Crippen molar-refractivity contribution in [2.24, 2.45) is 0 Å². The SMILES string of the molecule is O=C(NCc1csc(=O)[nH]1)c1cccc(Br)c1. The number of carbonyl (C=O) groups is 1. The van der Waals surface area contributed by atoms with Gasteiger partial charge in [0, 0.05) is 21.1 Å². The molecular weight excluding hydrogens is 304 g/mol. The molecule has 4 nitrogen and oxygen atoms in total. The lowest BCUT2D eigenvalue weighted by Crippen LogP contribution is -2.23. The third-order valence-corrected chi connectivity index (χ3v) is 3.31. The van der Waals surface area contributed by atoms with Crippen LogP contribution in [0, 0.1) is 0 Å². The summed E-state index contributed by atoms with van der Waals surface area (Å²) in [5.41, 5.74) is 1.29. The number of H-pyrrole nitrogens is 1. The van der Waals surface area contributed by atoms with Crippen LogP contribution in [-0.2, 0) is 6.54 Å². The van der Waals surface area contributed by atoms with Crippen LogP contribution in [0.4, 0.5) is 0 Å². The molecule has 0 saturated carbocycles. The number of carbonyl (C=O) groups excluding carboxylic acids is 1. The Hall–Kier alpha value is -1.40. The number of halogens is 1. The van der Waals surface area contributed by atoms with Gasteiger partial charge in [-0.3, -0.25) is 9.59 Å². The van der Waals surface area contributed by atoms with Crippen molar-refractivity contribution < 1.29 is 4.79 Å². The minimum atomic E-state index is -0.168. The maximum atomic E-state index is 11.8. The third kappa shape index (κ3) is 3.28. The number of hydrogen-bond acceptors (Lipinski definition) is 3. The third-order valence-electron chi connectivity index (χ3n) is 2.10. The molecule has 1 aromatic heterocycles. The molecule has 1 amide bonds. The van der Waals surface area contributed by atoms with Gasteiger partial charge < -0.3 is 10.3 Å². The molecule has 1 aromatic carbocycles. The van der Waals surface area contributed by atoms with E-state index in [-0.39, 0.29) is 10.8 Å². The number of aromatic nitrogens is 1. The second-order valence-electron chi connectivity index (χ2n) is 3.37. The van der Waals surface area contributed by atoms with Crippen LogP contribution in [0.2, 0.25) is 0 Å².